The highest BCUT2D eigenvalue weighted by atomic mass is 16.2. The van der Waals surface area contributed by atoms with Crippen LogP contribution in [0.25, 0.3) is 21.5 Å². The maximum Gasteiger partial charge on any atom is 0.227 e. The second-order valence-corrected chi connectivity index (χ2v) is 8.26. The van der Waals surface area contributed by atoms with Gasteiger partial charge in [-0.2, -0.15) is 0 Å². The van der Waals surface area contributed by atoms with E-state index in [1.54, 1.807) is 4.90 Å². The minimum absolute atomic E-state index is 0.0194. The minimum Gasteiger partial charge on any atom is -0.325 e. The van der Waals surface area contributed by atoms with E-state index in [2.05, 4.69) is 11.4 Å². The average molecular weight is 425 g/mol. The van der Waals surface area contributed by atoms with Crippen molar-refractivity contribution < 1.29 is 9.59 Å². The van der Waals surface area contributed by atoms with Crippen molar-refractivity contribution in [2.75, 3.05) is 17.3 Å². The van der Waals surface area contributed by atoms with Gasteiger partial charge in [-0.3, -0.25) is 9.59 Å². The van der Waals surface area contributed by atoms with Crippen LogP contribution in [-0.2, 0) is 16.0 Å². The molecular formula is C28H28N2O2. The quantitative estimate of drug-likeness (QED) is 0.402. The zero-order valence-corrected chi connectivity index (χ0v) is 18.8. The molecule has 4 aromatic rings. The molecule has 1 unspecified atom stereocenters. The van der Waals surface area contributed by atoms with Gasteiger partial charge in [-0.1, -0.05) is 80.6 Å². The predicted molar refractivity (Wildman–Crippen MR) is 133 cm³/mol. The Bertz CT molecular complexity index is 1290. The number of hydrogen-bond donors (Lipinski definition) is 1. The van der Waals surface area contributed by atoms with Gasteiger partial charge in [-0.05, 0) is 34.9 Å². The zero-order chi connectivity index (χ0) is 22.7. The molecule has 0 aliphatic rings. The number of hydrogen-bond acceptors (Lipinski definition) is 2. The van der Waals surface area contributed by atoms with E-state index in [1.165, 1.54) is 0 Å². The van der Waals surface area contributed by atoms with Gasteiger partial charge in [0.1, 0.15) is 0 Å². The number of rotatable bonds is 6. The van der Waals surface area contributed by atoms with Gasteiger partial charge in [0.2, 0.25) is 11.8 Å². The highest BCUT2D eigenvalue weighted by Crippen LogP contribution is 2.30. The van der Waals surface area contributed by atoms with Crippen LogP contribution in [0.15, 0.2) is 78.9 Å². The smallest absolute Gasteiger partial charge is 0.227 e. The lowest BCUT2D eigenvalue weighted by molar-refractivity contribution is -0.119. The van der Waals surface area contributed by atoms with Crippen LogP contribution in [0.1, 0.15) is 25.8 Å². The highest BCUT2D eigenvalue weighted by molar-refractivity contribution is 6.04. The molecule has 0 heterocycles. The molecule has 4 rings (SSSR count). The van der Waals surface area contributed by atoms with Crippen molar-refractivity contribution in [2.45, 2.75) is 26.7 Å². The molecule has 1 atom stereocenters. The van der Waals surface area contributed by atoms with E-state index in [9.17, 15) is 9.59 Å². The first-order valence-corrected chi connectivity index (χ1v) is 11.0. The van der Waals surface area contributed by atoms with Gasteiger partial charge < -0.3 is 10.2 Å². The molecule has 0 fully saturated rings. The van der Waals surface area contributed by atoms with E-state index in [4.69, 9.17) is 0 Å². The number of amides is 2. The molecule has 0 radical (unpaired) electrons. The van der Waals surface area contributed by atoms with Gasteiger partial charge in [0, 0.05) is 35.8 Å². The Morgan fingerprint density at radius 2 is 1.53 bits per heavy atom. The van der Waals surface area contributed by atoms with Crippen molar-refractivity contribution in [3.63, 3.8) is 0 Å². The third-order valence-electron chi connectivity index (χ3n) is 5.97. The molecule has 0 aromatic heterocycles. The minimum atomic E-state index is -0.227. The molecule has 4 nitrogen and oxygen atoms in total. The SMILES string of the molecule is CCC(=O)N(C)c1cc(CC(C)C(=O)Nc2cccc3ccccc23)cc2ccccc12. The highest BCUT2D eigenvalue weighted by Gasteiger charge is 2.18. The summed E-state index contributed by atoms with van der Waals surface area (Å²) < 4.78 is 0. The number of fused-ring (bicyclic) bond motifs is 2. The molecule has 0 bridgehead atoms. The maximum atomic E-state index is 13.0. The number of anilines is 2. The van der Waals surface area contributed by atoms with Crippen molar-refractivity contribution in [3.8, 4) is 0 Å². The Morgan fingerprint density at radius 1 is 0.875 bits per heavy atom. The van der Waals surface area contributed by atoms with Crippen molar-refractivity contribution in [1.82, 2.24) is 0 Å². The molecule has 32 heavy (non-hydrogen) atoms. The van der Waals surface area contributed by atoms with Gasteiger partial charge in [-0.25, -0.2) is 0 Å². The molecule has 1 N–H and O–H groups in total. The first-order chi connectivity index (χ1) is 15.5. The second-order valence-electron chi connectivity index (χ2n) is 8.26. The standard InChI is InChI=1S/C28H28N2O2/c1-4-27(31)30(3)26-18-20(17-22-11-6-8-14-24(22)26)16-19(2)28(32)29-25-15-9-12-21-10-5-7-13-23(21)25/h5-15,17-19H,4,16H2,1-3H3,(H,29,32). The molecule has 0 spiro atoms. The molecule has 0 saturated carbocycles. The lowest BCUT2D eigenvalue weighted by atomic mass is 9.96. The predicted octanol–water partition coefficient (Wildman–Crippen LogP) is 6.18. The fourth-order valence-corrected chi connectivity index (χ4v) is 4.15. The maximum absolute atomic E-state index is 13.0. The van der Waals surface area contributed by atoms with E-state index in [-0.39, 0.29) is 17.7 Å². The number of carbonyl (C=O) groups excluding carboxylic acids is 2. The fourth-order valence-electron chi connectivity index (χ4n) is 4.15. The Morgan fingerprint density at radius 3 is 2.28 bits per heavy atom. The van der Waals surface area contributed by atoms with Crippen molar-refractivity contribution in [1.29, 1.82) is 0 Å². The van der Waals surface area contributed by atoms with Crippen LogP contribution in [0.2, 0.25) is 0 Å². The summed E-state index contributed by atoms with van der Waals surface area (Å²) in [5, 5.41) is 7.33. The summed E-state index contributed by atoms with van der Waals surface area (Å²) in [6.07, 6.45) is 1.03. The monoisotopic (exact) mass is 424 g/mol. The first kappa shape index (κ1) is 21.6. The Labute approximate surface area is 188 Å². The summed E-state index contributed by atoms with van der Waals surface area (Å²) in [5.74, 6) is -0.182. The molecule has 162 valence electrons. The van der Waals surface area contributed by atoms with E-state index < -0.39 is 0 Å². The molecule has 0 aliphatic carbocycles. The van der Waals surface area contributed by atoms with Crippen molar-refractivity contribution >= 4 is 44.7 Å². The summed E-state index contributed by atoms with van der Waals surface area (Å²) in [6, 6.07) is 26.2. The lowest BCUT2D eigenvalue weighted by Crippen LogP contribution is -2.26. The molecular weight excluding hydrogens is 396 g/mol. The largest absolute Gasteiger partial charge is 0.325 e. The Hall–Kier alpha value is -3.66. The summed E-state index contributed by atoms with van der Waals surface area (Å²) in [6.45, 7) is 3.81. The van der Waals surface area contributed by atoms with E-state index in [0.717, 1.165) is 38.5 Å². The summed E-state index contributed by atoms with van der Waals surface area (Å²) in [4.78, 5) is 27.1. The average Bonchev–Trinajstić information content (AvgIpc) is 2.82. The summed E-state index contributed by atoms with van der Waals surface area (Å²) in [7, 11) is 1.81. The van der Waals surface area contributed by atoms with Crippen LogP contribution in [0, 0.1) is 5.92 Å². The van der Waals surface area contributed by atoms with Gasteiger partial charge in [0.25, 0.3) is 0 Å². The van der Waals surface area contributed by atoms with Gasteiger partial charge in [0.15, 0.2) is 0 Å². The zero-order valence-electron chi connectivity index (χ0n) is 18.8. The van der Waals surface area contributed by atoms with Gasteiger partial charge >= 0.3 is 0 Å². The molecule has 2 amide bonds. The summed E-state index contributed by atoms with van der Waals surface area (Å²) >= 11 is 0. The van der Waals surface area contributed by atoms with Gasteiger partial charge in [0.05, 0.1) is 5.69 Å². The molecule has 0 saturated heterocycles. The van der Waals surface area contributed by atoms with Crippen LogP contribution in [-0.4, -0.2) is 18.9 Å². The fraction of sp³-hybridized carbons (Fsp3) is 0.214. The number of nitrogens with one attached hydrogen (secondary N) is 1. The van der Waals surface area contributed by atoms with E-state index in [1.807, 2.05) is 93.7 Å². The van der Waals surface area contributed by atoms with Crippen molar-refractivity contribution in [3.05, 3.63) is 84.4 Å². The van der Waals surface area contributed by atoms with Crippen LogP contribution < -0.4 is 10.2 Å². The van der Waals surface area contributed by atoms with Crippen LogP contribution in [0.5, 0.6) is 0 Å². The van der Waals surface area contributed by atoms with Crippen LogP contribution in [0.3, 0.4) is 0 Å². The molecule has 4 heteroatoms. The number of benzene rings is 4. The summed E-state index contributed by atoms with van der Waals surface area (Å²) in [5.41, 5.74) is 2.74. The van der Waals surface area contributed by atoms with Crippen LogP contribution in [0.4, 0.5) is 11.4 Å². The third-order valence-corrected chi connectivity index (χ3v) is 5.97. The van der Waals surface area contributed by atoms with Crippen LogP contribution >= 0.6 is 0 Å². The van der Waals surface area contributed by atoms with Gasteiger partial charge in [-0.15, -0.1) is 0 Å². The topological polar surface area (TPSA) is 49.4 Å². The number of carbonyl (C=O) groups is 2. The molecule has 0 aliphatic heterocycles. The normalized spacial score (nSPS) is 12.0. The third kappa shape index (κ3) is 4.35. The Kier molecular flexibility index (Phi) is 6.22. The number of nitrogens with zero attached hydrogens (tertiary/aromatic N) is 1. The Balaban J connectivity index is 1.59. The van der Waals surface area contributed by atoms with E-state index in [0.29, 0.717) is 12.8 Å². The molecule has 4 aromatic carbocycles. The van der Waals surface area contributed by atoms with E-state index >= 15 is 0 Å². The lowest BCUT2D eigenvalue weighted by Gasteiger charge is -2.21. The first-order valence-electron chi connectivity index (χ1n) is 11.0. The van der Waals surface area contributed by atoms with Crippen molar-refractivity contribution in [2.24, 2.45) is 5.92 Å². The second kappa shape index (κ2) is 9.23.